The molecule has 0 N–H and O–H groups in total. The van der Waals surface area contributed by atoms with E-state index in [9.17, 15) is 0 Å². The minimum atomic E-state index is 0.676. The first kappa shape index (κ1) is 11.8. The van der Waals surface area contributed by atoms with Crippen LogP contribution in [-0.2, 0) is 11.2 Å². The van der Waals surface area contributed by atoms with Crippen LogP contribution in [0.4, 0.5) is 11.4 Å². The number of methoxy groups -OCH3 is 1. The Morgan fingerprint density at radius 3 is 3.18 bits per heavy atom. The van der Waals surface area contributed by atoms with Crippen molar-refractivity contribution in [3.05, 3.63) is 34.2 Å². The van der Waals surface area contributed by atoms with E-state index in [0.29, 0.717) is 12.3 Å². The third-order valence-corrected chi connectivity index (χ3v) is 3.01. The van der Waals surface area contributed by atoms with Crippen molar-refractivity contribution in [2.75, 3.05) is 31.7 Å². The van der Waals surface area contributed by atoms with Crippen molar-refractivity contribution in [2.24, 2.45) is 5.11 Å². The largest absolute Gasteiger partial charge is 0.383 e. The Bertz CT molecular complexity index is 440. The summed E-state index contributed by atoms with van der Waals surface area (Å²) in [7, 11) is 1.71. The summed E-state index contributed by atoms with van der Waals surface area (Å²) in [6, 6.07) is 5.89. The topological polar surface area (TPSA) is 61.2 Å². The van der Waals surface area contributed by atoms with E-state index in [2.05, 4.69) is 21.0 Å². The van der Waals surface area contributed by atoms with Crippen molar-refractivity contribution in [3.8, 4) is 0 Å². The molecule has 1 heterocycles. The molecule has 0 spiro atoms. The number of ether oxygens (including phenoxy) is 1. The molecular formula is C12H16N4O. The molecule has 0 aliphatic carbocycles. The van der Waals surface area contributed by atoms with Crippen molar-refractivity contribution >= 4 is 11.4 Å². The standard InChI is InChI=1S/C12H16N4O/c1-17-8-7-16-6-2-3-10-4-5-11(14-15-13)9-12(10)16/h4-5,9H,2-3,6-8H2,1H3. The van der Waals surface area contributed by atoms with Gasteiger partial charge in [0.15, 0.2) is 0 Å². The van der Waals surface area contributed by atoms with E-state index in [-0.39, 0.29) is 0 Å². The fourth-order valence-electron chi connectivity index (χ4n) is 2.19. The summed E-state index contributed by atoms with van der Waals surface area (Å²) in [4.78, 5) is 5.11. The average molecular weight is 232 g/mol. The lowest BCUT2D eigenvalue weighted by Gasteiger charge is -2.31. The van der Waals surface area contributed by atoms with Gasteiger partial charge in [0.2, 0.25) is 0 Å². The zero-order valence-electron chi connectivity index (χ0n) is 9.96. The van der Waals surface area contributed by atoms with Crippen LogP contribution in [0.2, 0.25) is 0 Å². The number of rotatable bonds is 4. The van der Waals surface area contributed by atoms with Crippen molar-refractivity contribution < 1.29 is 4.74 Å². The number of anilines is 1. The van der Waals surface area contributed by atoms with Gasteiger partial charge < -0.3 is 9.64 Å². The van der Waals surface area contributed by atoms with E-state index >= 15 is 0 Å². The first-order valence-electron chi connectivity index (χ1n) is 5.77. The molecule has 17 heavy (non-hydrogen) atoms. The zero-order chi connectivity index (χ0) is 12.1. The highest BCUT2D eigenvalue weighted by molar-refractivity contribution is 5.62. The van der Waals surface area contributed by atoms with Crippen LogP contribution >= 0.6 is 0 Å². The number of hydrogen-bond acceptors (Lipinski definition) is 3. The van der Waals surface area contributed by atoms with E-state index in [0.717, 1.165) is 25.9 Å². The molecule has 0 saturated carbocycles. The second-order valence-electron chi connectivity index (χ2n) is 4.09. The average Bonchev–Trinajstić information content (AvgIpc) is 2.36. The van der Waals surface area contributed by atoms with Crippen molar-refractivity contribution in [3.63, 3.8) is 0 Å². The number of nitrogens with zero attached hydrogens (tertiary/aromatic N) is 4. The Morgan fingerprint density at radius 2 is 2.41 bits per heavy atom. The monoisotopic (exact) mass is 232 g/mol. The maximum absolute atomic E-state index is 8.46. The molecule has 0 fully saturated rings. The predicted molar refractivity (Wildman–Crippen MR) is 67.7 cm³/mol. The molecule has 1 aromatic rings. The summed E-state index contributed by atoms with van der Waals surface area (Å²) < 4.78 is 5.11. The fourth-order valence-corrected chi connectivity index (χ4v) is 2.19. The van der Waals surface area contributed by atoms with Gasteiger partial charge in [0.05, 0.1) is 6.61 Å². The lowest BCUT2D eigenvalue weighted by atomic mass is 10.0. The van der Waals surface area contributed by atoms with Crippen molar-refractivity contribution in [1.82, 2.24) is 0 Å². The lowest BCUT2D eigenvalue weighted by Crippen LogP contribution is -2.32. The second-order valence-corrected chi connectivity index (χ2v) is 4.09. The van der Waals surface area contributed by atoms with Gasteiger partial charge in [-0.1, -0.05) is 17.2 Å². The van der Waals surface area contributed by atoms with Gasteiger partial charge in [0.25, 0.3) is 0 Å². The highest BCUT2D eigenvalue weighted by Crippen LogP contribution is 2.30. The molecule has 90 valence electrons. The highest BCUT2D eigenvalue weighted by Gasteiger charge is 2.16. The van der Waals surface area contributed by atoms with Crippen LogP contribution in [0, 0.1) is 0 Å². The van der Waals surface area contributed by atoms with Gasteiger partial charge in [0.1, 0.15) is 0 Å². The van der Waals surface area contributed by atoms with Crippen LogP contribution < -0.4 is 4.90 Å². The van der Waals surface area contributed by atoms with Gasteiger partial charge in [-0.3, -0.25) is 0 Å². The summed E-state index contributed by atoms with van der Waals surface area (Å²) in [6.07, 6.45) is 2.26. The molecule has 2 rings (SSSR count). The number of benzene rings is 1. The molecule has 1 aliphatic heterocycles. The summed E-state index contributed by atoms with van der Waals surface area (Å²) in [5.74, 6) is 0. The Labute approximate surface area is 101 Å². The minimum absolute atomic E-state index is 0.676. The number of aryl methyl sites for hydroxylation is 1. The maximum atomic E-state index is 8.46. The molecule has 0 amide bonds. The van der Waals surface area contributed by atoms with Gasteiger partial charge in [-0.05, 0) is 30.0 Å². The molecule has 0 saturated heterocycles. The first-order valence-corrected chi connectivity index (χ1v) is 5.77. The van der Waals surface area contributed by atoms with E-state index in [1.807, 2.05) is 12.1 Å². The van der Waals surface area contributed by atoms with Gasteiger partial charge in [-0.2, -0.15) is 0 Å². The van der Waals surface area contributed by atoms with Crippen LogP contribution in [0.25, 0.3) is 10.4 Å². The van der Waals surface area contributed by atoms with E-state index < -0.39 is 0 Å². The van der Waals surface area contributed by atoms with Crippen molar-refractivity contribution in [2.45, 2.75) is 12.8 Å². The molecule has 1 aromatic carbocycles. The molecule has 0 radical (unpaired) electrons. The van der Waals surface area contributed by atoms with Crippen LogP contribution in [0.1, 0.15) is 12.0 Å². The van der Waals surface area contributed by atoms with Crippen LogP contribution in [0.15, 0.2) is 23.3 Å². The van der Waals surface area contributed by atoms with Crippen molar-refractivity contribution in [1.29, 1.82) is 0 Å². The smallest absolute Gasteiger partial charge is 0.0637 e. The molecule has 0 bridgehead atoms. The molecule has 5 heteroatoms. The van der Waals surface area contributed by atoms with Crippen LogP contribution in [0.3, 0.4) is 0 Å². The summed E-state index contributed by atoms with van der Waals surface area (Å²) in [5, 5.41) is 3.65. The Hall–Kier alpha value is -1.71. The Kier molecular flexibility index (Phi) is 3.85. The number of fused-ring (bicyclic) bond motifs is 1. The van der Waals surface area contributed by atoms with Gasteiger partial charge in [-0.25, -0.2) is 0 Å². The zero-order valence-corrected chi connectivity index (χ0v) is 9.96. The third-order valence-electron chi connectivity index (χ3n) is 3.01. The molecule has 0 unspecified atom stereocenters. The predicted octanol–water partition coefficient (Wildman–Crippen LogP) is 3.03. The van der Waals surface area contributed by atoms with E-state index in [1.165, 1.54) is 11.3 Å². The highest BCUT2D eigenvalue weighted by atomic mass is 16.5. The van der Waals surface area contributed by atoms with E-state index in [4.69, 9.17) is 10.3 Å². The van der Waals surface area contributed by atoms with Crippen LogP contribution in [0.5, 0.6) is 0 Å². The first-order chi connectivity index (χ1) is 8.35. The molecule has 1 aliphatic rings. The maximum Gasteiger partial charge on any atom is 0.0637 e. The van der Waals surface area contributed by atoms with Gasteiger partial charge >= 0.3 is 0 Å². The molecule has 5 nitrogen and oxygen atoms in total. The Balaban J connectivity index is 2.27. The fraction of sp³-hybridized carbons (Fsp3) is 0.500. The van der Waals surface area contributed by atoms with Gasteiger partial charge in [0, 0.05) is 36.5 Å². The van der Waals surface area contributed by atoms with Crippen LogP contribution in [-0.4, -0.2) is 26.8 Å². The van der Waals surface area contributed by atoms with Gasteiger partial charge in [-0.15, -0.1) is 0 Å². The molecular weight excluding hydrogens is 216 g/mol. The summed E-state index contributed by atoms with van der Waals surface area (Å²) in [5.41, 5.74) is 11.6. The lowest BCUT2D eigenvalue weighted by molar-refractivity contribution is 0.205. The second kappa shape index (κ2) is 5.57. The number of hydrogen-bond donors (Lipinski definition) is 0. The summed E-state index contributed by atoms with van der Waals surface area (Å²) >= 11 is 0. The number of azide groups is 1. The minimum Gasteiger partial charge on any atom is -0.383 e. The normalized spacial score (nSPS) is 14.1. The van der Waals surface area contributed by atoms with E-state index in [1.54, 1.807) is 7.11 Å². The SMILES string of the molecule is COCCN1CCCc2ccc(N=[N+]=[N-])cc21. The molecule has 0 aromatic heterocycles. The Morgan fingerprint density at radius 1 is 1.53 bits per heavy atom. The quantitative estimate of drug-likeness (QED) is 0.455. The third kappa shape index (κ3) is 2.70. The summed E-state index contributed by atoms with van der Waals surface area (Å²) in [6.45, 7) is 2.63. The molecule has 0 atom stereocenters.